The largest absolute Gasteiger partial charge is 0.352 e. The molecule has 120 valence electrons. The Hall–Kier alpha value is -2.95. The van der Waals surface area contributed by atoms with Crippen LogP contribution in [-0.4, -0.2) is 33.9 Å². The molecule has 5 nitrogen and oxygen atoms in total. The van der Waals surface area contributed by atoms with Crippen LogP contribution < -0.4 is 5.32 Å². The van der Waals surface area contributed by atoms with Gasteiger partial charge in [0.1, 0.15) is 0 Å². The van der Waals surface area contributed by atoms with E-state index in [4.69, 9.17) is 0 Å². The molecule has 0 aliphatic carbocycles. The molecule has 4 rings (SSSR count). The van der Waals surface area contributed by atoms with E-state index < -0.39 is 0 Å². The SMILES string of the molecule is O=C(c1cncc(Nc2cccc3cccnc23)c1)N1CCCC1. The van der Waals surface area contributed by atoms with Gasteiger partial charge in [-0.2, -0.15) is 0 Å². The van der Waals surface area contributed by atoms with Crippen molar-refractivity contribution in [2.45, 2.75) is 12.8 Å². The summed E-state index contributed by atoms with van der Waals surface area (Å²) in [6.07, 6.45) is 7.30. The highest BCUT2D eigenvalue weighted by Crippen LogP contribution is 2.25. The molecule has 5 heteroatoms. The highest BCUT2D eigenvalue weighted by atomic mass is 16.2. The Morgan fingerprint density at radius 2 is 1.92 bits per heavy atom. The number of anilines is 2. The number of pyridine rings is 2. The number of carbonyl (C=O) groups excluding carboxylic acids is 1. The number of nitrogens with zero attached hydrogens (tertiary/aromatic N) is 3. The lowest BCUT2D eigenvalue weighted by Crippen LogP contribution is -2.27. The molecule has 0 bridgehead atoms. The first-order valence-corrected chi connectivity index (χ1v) is 8.16. The monoisotopic (exact) mass is 318 g/mol. The van der Waals surface area contributed by atoms with Gasteiger partial charge in [-0.25, -0.2) is 0 Å². The number of benzene rings is 1. The Labute approximate surface area is 140 Å². The normalized spacial score (nSPS) is 14.1. The summed E-state index contributed by atoms with van der Waals surface area (Å²) >= 11 is 0. The maximum absolute atomic E-state index is 12.5. The Morgan fingerprint density at radius 1 is 1.08 bits per heavy atom. The van der Waals surface area contributed by atoms with Gasteiger partial charge in [-0.15, -0.1) is 0 Å². The van der Waals surface area contributed by atoms with Gasteiger partial charge < -0.3 is 10.2 Å². The van der Waals surface area contributed by atoms with Crippen LogP contribution in [0, 0.1) is 0 Å². The van der Waals surface area contributed by atoms with Gasteiger partial charge in [0.2, 0.25) is 0 Å². The molecule has 0 spiro atoms. The van der Waals surface area contributed by atoms with E-state index in [0.29, 0.717) is 5.56 Å². The molecule has 0 atom stereocenters. The third kappa shape index (κ3) is 2.80. The maximum atomic E-state index is 12.5. The van der Waals surface area contributed by atoms with Gasteiger partial charge in [-0.05, 0) is 31.0 Å². The Balaban J connectivity index is 1.62. The molecule has 3 aromatic rings. The molecule has 1 saturated heterocycles. The Kier molecular flexibility index (Phi) is 3.83. The first kappa shape index (κ1) is 14.6. The number of likely N-dealkylation sites (tertiary alicyclic amines) is 1. The van der Waals surface area contributed by atoms with E-state index in [2.05, 4.69) is 15.3 Å². The van der Waals surface area contributed by atoms with Crippen LogP contribution in [0.3, 0.4) is 0 Å². The number of hydrogen-bond acceptors (Lipinski definition) is 4. The lowest BCUT2D eigenvalue weighted by Gasteiger charge is -2.15. The average molecular weight is 318 g/mol. The van der Waals surface area contributed by atoms with Gasteiger partial charge >= 0.3 is 0 Å². The third-order valence-corrected chi connectivity index (χ3v) is 4.29. The Bertz CT molecular complexity index is 882. The minimum atomic E-state index is 0.0553. The minimum absolute atomic E-state index is 0.0553. The molecule has 0 unspecified atom stereocenters. The van der Waals surface area contributed by atoms with Gasteiger partial charge in [0.05, 0.1) is 28.7 Å². The molecule has 24 heavy (non-hydrogen) atoms. The van der Waals surface area contributed by atoms with Crippen molar-refractivity contribution in [1.29, 1.82) is 0 Å². The maximum Gasteiger partial charge on any atom is 0.255 e. The van der Waals surface area contributed by atoms with Crippen molar-refractivity contribution in [1.82, 2.24) is 14.9 Å². The zero-order chi connectivity index (χ0) is 16.4. The number of hydrogen-bond donors (Lipinski definition) is 1. The number of carbonyl (C=O) groups is 1. The van der Waals surface area contributed by atoms with Crippen molar-refractivity contribution in [2.24, 2.45) is 0 Å². The second-order valence-corrected chi connectivity index (χ2v) is 5.97. The van der Waals surface area contributed by atoms with Crippen LogP contribution in [0.15, 0.2) is 55.0 Å². The van der Waals surface area contributed by atoms with E-state index >= 15 is 0 Å². The molecule has 0 saturated carbocycles. The highest BCUT2D eigenvalue weighted by molar-refractivity contribution is 5.96. The molecule has 1 aromatic carbocycles. The van der Waals surface area contributed by atoms with Gasteiger partial charge in [-0.1, -0.05) is 18.2 Å². The summed E-state index contributed by atoms with van der Waals surface area (Å²) in [7, 11) is 0. The molecule has 3 heterocycles. The summed E-state index contributed by atoms with van der Waals surface area (Å²) in [5.74, 6) is 0.0553. The molecule has 1 amide bonds. The van der Waals surface area contributed by atoms with E-state index in [0.717, 1.165) is 48.2 Å². The van der Waals surface area contributed by atoms with Crippen molar-refractivity contribution in [3.8, 4) is 0 Å². The molecule has 1 aliphatic heterocycles. The molecule has 1 fully saturated rings. The highest BCUT2D eigenvalue weighted by Gasteiger charge is 2.19. The number of amides is 1. The van der Waals surface area contributed by atoms with Crippen LogP contribution in [-0.2, 0) is 0 Å². The zero-order valence-electron chi connectivity index (χ0n) is 13.3. The van der Waals surface area contributed by atoms with Crippen molar-refractivity contribution >= 4 is 28.2 Å². The van der Waals surface area contributed by atoms with Gasteiger partial charge in [-0.3, -0.25) is 14.8 Å². The average Bonchev–Trinajstić information content (AvgIpc) is 3.16. The molecular weight excluding hydrogens is 300 g/mol. The second kappa shape index (κ2) is 6.28. The molecule has 1 N–H and O–H groups in total. The Morgan fingerprint density at radius 3 is 2.79 bits per heavy atom. The smallest absolute Gasteiger partial charge is 0.255 e. The van der Waals surface area contributed by atoms with Gasteiger partial charge in [0.15, 0.2) is 0 Å². The van der Waals surface area contributed by atoms with E-state index in [1.165, 1.54) is 0 Å². The number of fused-ring (bicyclic) bond motifs is 1. The van der Waals surface area contributed by atoms with Crippen LogP contribution in [0.2, 0.25) is 0 Å². The summed E-state index contributed by atoms with van der Waals surface area (Å²) in [6.45, 7) is 1.67. The zero-order valence-corrected chi connectivity index (χ0v) is 13.3. The van der Waals surface area contributed by atoms with E-state index in [9.17, 15) is 4.79 Å². The molecular formula is C19H18N4O. The van der Waals surface area contributed by atoms with Gasteiger partial charge in [0, 0.05) is 30.9 Å². The van der Waals surface area contributed by atoms with Crippen LogP contribution >= 0.6 is 0 Å². The van der Waals surface area contributed by atoms with E-state index in [1.807, 2.05) is 41.3 Å². The minimum Gasteiger partial charge on any atom is -0.352 e. The topological polar surface area (TPSA) is 58.1 Å². The van der Waals surface area contributed by atoms with Crippen LogP contribution in [0.4, 0.5) is 11.4 Å². The fraction of sp³-hybridized carbons (Fsp3) is 0.211. The summed E-state index contributed by atoms with van der Waals surface area (Å²) in [6, 6.07) is 11.8. The summed E-state index contributed by atoms with van der Waals surface area (Å²) in [4.78, 5) is 23.1. The van der Waals surface area contributed by atoms with Crippen LogP contribution in [0.1, 0.15) is 23.2 Å². The predicted octanol–water partition coefficient (Wildman–Crippen LogP) is 3.61. The summed E-state index contributed by atoms with van der Waals surface area (Å²) in [5, 5.41) is 4.41. The van der Waals surface area contributed by atoms with Crippen molar-refractivity contribution in [2.75, 3.05) is 18.4 Å². The van der Waals surface area contributed by atoms with Gasteiger partial charge in [0.25, 0.3) is 5.91 Å². The summed E-state index contributed by atoms with van der Waals surface area (Å²) in [5.41, 5.74) is 3.21. The van der Waals surface area contributed by atoms with Crippen LogP contribution in [0.25, 0.3) is 10.9 Å². The number of nitrogens with one attached hydrogen (secondary N) is 1. The van der Waals surface area contributed by atoms with Crippen molar-refractivity contribution < 1.29 is 4.79 Å². The number of rotatable bonds is 3. The third-order valence-electron chi connectivity index (χ3n) is 4.29. The second-order valence-electron chi connectivity index (χ2n) is 5.97. The first-order chi connectivity index (χ1) is 11.8. The number of aromatic nitrogens is 2. The summed E-state index contributed by atoms with van der Waals surface area (Å²) < 4.78 is 0. The van der Waals surface area contributed by atoms with Crippen LogP contribution in [0.5, 0.6) is 0 Å². The quantitative estimate of drug-likeness (QED) is 0.801. The molecule has 2 aromatic heterocycles. The number of para-hydroxylation sites is 1. The lowest BCUT2D eigenvalue weighted by atomic mass is 10.2. The fourth-order valence-electron chi connectivity index (χ4n) is 3.09. The molecule has 1 aliphatic rings. The predicted molar refractivity (Wildman–Crippen MR) is 94.4 cm³/mol. The lowest BCUT2D eigenvalue weighted by molar-refractivity contribution is 0.0792. The standard InChI is InChI=1S/C19H18N4O/c24-19(23-9-1-2-10-23)15-11-16(13-20-12-15)22-17-7-3-5-14-6-4-8-21-18(14)17/h3-8,11-13,22H,1-2,9-10H2. The van der Waals surface area contributed by atoms with E-state index in [-0.39, 0.29) is 5.91 Å². The first-order valence-electron chi connectivity index (χ1n) is 8.16. The fourth-order valence-corrected chi connectivity index (χ4v) is 3.09. The van der Waals surface area contributed by atoms with E-state index in [1.54, 1.807) is 18.6 Å². The van der Waals surface area contributed by atoms with Crippen molar-refractivity contribution in [3.63, 3.8) is 0 Å². The molecule has 0 radical (unpaired) electrons. The van der Waals surface area contributed by atoms with Crippen molar-refractivity contribution in [3.05, 3.63) is 60.6 Å².